The minimum absolute atomic E-state index is 0.415. The first-order valence-electron chi connectivity index (χ1n) is 5.15. The van der Waals surface area contributed by atoms with Gasteiger partial charge in [0.05, 0.1) is 0 Å². The van der Waals surface area contributed by atoms with Crippen LogP contribution in [0.3, 0.4) is 0 Å². The Balaban J connectivity index is 0.00000106. The minimum Gasteiger partial charge on any atom is -0.411 e. The predicted molar refractivity (Wildman–Crippen MR) is 66.2 cm³/mol. The van der Waals surface area contributed by atoms with Gasteiger partial charge in [-0.25, -0.2) is 0 Å². The first-order valence-corrected chi connectivity index (χ1v) is 5.15. The lowest BCUT2D eigenvalue weighted by Gasteiger charge is -2.02. The Morgan fingerprint density at radius 1 is 1.19 bits per heavy atom. The molecule has 0 aliphatic rings. The molecule has 0 heterocycles. The third-order valence-electron chi connectivity index (χ3n) is 1.72. The molecule has 1 aromatic rings. The molecule has 0 saturated carbocycles. The first-order chi connectivity index (χ1) is 7.79. The largest absolute Gasteiger partial charge is 0.411 e. The topological polar surface area (TPSA) is 54.2 Å². The van der Waals surface area contributed by atoms with E-state index in [1.54, 1.807) is 6.92 Å². The van der Waals surface area contributed by atoms with Gasteiger partial charge in [0, 0.05) is 5.56 Å². The molecule has 0 bridgehead atoms. The van der Waals surface area contributed by atoms with Gasteiger partial charge in [-0.15, -0.1) is 0 Å². The highest BCUT2D eigenvalue weighted by molar-refractivity contribution is 6.47. The highest BCUT2D eigenvalue weighted by Crippen LogP contribution is 2.03. The fraction of sp³-hybridized carbons (Fsp3) is 0.333. The SMILES string of the molecule is CC.CO/N=C(\C(C)=N\O)c1ccccc1. The van der Waals surface area contributed by atoms with Gasteiger partial charge in [-0.1, -0.05) is 54.5 Å². The Hall–Kier alpha value is -1.84. The highest BCUT2D eigenvalue weighted by atomic mass is 16.6. The summed E-state index contributed by atoms with van der Waals surface area (Å²) in [4.78, 5) is 4.68. The van der Waals surface area contributed by atoms with Crippen molar-refractivity contribution in [2.45, 2.75) is 20.8 Å². The van der Waals surface area contributed by atoms with Crippen molar-refractivity contribution in [2.24, 2.45) is 10.3 Å². The Kier molecular flexibility index (Phi) is 7.49. The lowest BCUT2D eigenvalue weighted by molar-refractivity contribution is 0.214. The number of oxime groups is 2. The van der Waals surface area contributed by atoms with Gasteiger partial charge in [0.1, 0.15) is 18.5 Å². The zero-order valence-corrected chi connectivity index (χ0v) is 10.1. The fourth-order valence-corrected chi connectivity index (χ4v) is 1.06. The number of benzene rings is 1. The van der Waals surface area contributed by atoms with Crippen LogP contribution in [0.1, 0.15) is 26.3 Å². The minimum atomic E-state index is 0.415. The molecule has 0 atom stereocenters. The average Bonchev–Trinajstić information content (AvgIpc) is 2.38. The van der Waals surface area contributed by atoms with E-state index in [-0.39, 0.29) is 0 Å². The molecule has 0 unspecified atom stereocenters. The van der Waals surface area contributed by atoms with Gasteiger partial charge in [-0.3, -0.25) is 0 Å². The van der Waals surface area contributed by atoms with Crippen LogP contribution in [-0.4, -0.2) is 23.7 Å². The normalized spacial score (nSPS) is 11.5. The van der Waals surface area contributed by atoms with E-state index < -0.39 is 0 Å². The van der Waals surface area contributed by atoms with Crippen LogP contribution in [0.2, 0.25) is 0 Å². The molecule has 4 nitrogen and oxygen atoms in total. The molecule has 4 heteroatoms. The van der Waals surface area contributed by atoms with E-state index >= 15 is 0 Å². The summed E-state index contributed by atoms with van der Waals surface area (Å²) in [6, 6.07) is 9.40. The number of hydrogen-bond donors (Lipinski definition) is 1. The van der Waals surface area contributed by atoms with E-state index in [2.05, 4.69) is 15.1 Å². The molecule has 0 saturated heterocycles. The zero-order chi connectivity index (χ0) is 12.4. The molecule has 88 valence electrons. The maximum atomic E-state index is 8.64. The number of rotatable bonds is 3. The molecule has 0 fully saturated rings. The van der Waals surface area contributed by atoms with Crippen LogP contribution in [0, 0.1) is 0 Å². The molecule has 16 heavy (non-hydrogen) atoms. The summed E-state index contributed by atoms with van der Waals surface area (Å²) in [5.41, 5.74) is 1.79. The Morgan fingerprint density at radius 3 is 2.19 bits per heavy atom. The Bertz CT molecular complexity index is 345. The molecule has 1 aromatic carbocycles. The maximum Gasteiger partial charge on any atom is 0.134 e. The van der Waals surface area contributed by atoms with Crippen LogP contribution in [0.4, 0.5) is 0 Å². The van der Waals surface area contributed by atoms with E-state index in [0.29, 0.717) is 11.4 Å². The van der Waals surface area contributed by atoms with Crippen molar-refractivity contribution < 1.29 is 10.0 Å². The summed E-state index contributed by atoms with van der Waals surface area (Å²) < 4.78 is 0. The van der Waals surface area contributed by atoms with Gasteiger partial charge in [-0.2, -0.15) is 0 Å². The Labute approximate surface area is 96.2 Å². The van der Waals surface area contributed by atoms with Crippen LogP contribution in [0.5, 0.6) is 0 Å². The molecule has 0 spiro atoms. The van der Waals surface area contributed by atoms with Crippen molar-refractivity contribution in [2.75, 3.05) is 7.11 Å². The molecular formula is C12H18N2O2. The van der Waals surface area contributed by atoms with Gasteiger partial charge in [0.15, 0.2) is 0 Å². The summed E-state index contributed by atoms with van der Waals surface area (Å²) in [7, 11) is 1.45. The van der Waals surface area contributed by atoms with Gasteiger partial charge in [0.2, 0.25) is 0 Å². The van der Waals surface area contributed by atoms with Crippen molar-refractivity contribution in [1.29, 1.82) is 0 Å². The monoisotopic (exact) mass is 222 g/mol. The van der Waals surface area contributed by atoms with Gasteiger partial charge in [0.25, 0.3) is 0 Å². The van der Waals surface area contributed by atoms with Crippen molar-refractivity contribution >= 4 is 11.4 Å². The first kappa shape index (κ1) is 14.2. The van der Waals surface area contributed by atoms with E-state index in [1.807, 2.05) is 44.2 Å². The van der Waals surface area contributed by atoms with Crippen molar-refractivity contribution in [3.05, 3.63) is 35.9 Å². The van der Waals surface area contributed by atoms with E-state index in [1.165, 1.54) is 7.11 Å². The number of hydrogen-bond acceptors (Lipinski definition) is 4. The second-order valence-corrected chi connectivity index (χ2v) is 2.67. The molecule has 0 amide bonds. The maximum absolute atomic E-state index is 8.64. The molecule has 0 aliphatic heterocycles. The third kappa shape index (κ3) is 4.13. The van der Waals surface area contributed by atoms with Crippen LogP contribution in [0.15, 0.2) is 40.6 Å². The molecular weight excluding hydrogens is 204 g/mol. The van der Waals surface area contributed by atoms with E-state index in [0.717, 1.165) is 5.56 Å². The summed E-state index contributed by atoms with van der Waals surface area (Å²) in [6.07, 6.45) is 0. The summed E-state index contributed by atoms with van der Waals surface area (Å²) in [6.45, 7) is 5.66. The molecule has 1 rings (SSSR count). The zero-order valence-electron chi connectivity index (χ0n) is 10.1. The summed E-state index contributed by atoms with van der Waals surface area (Å²) in [5, 5.41) is 15.5. The van der Waals surface area contributed by atoms with E-state index in [4.69, 9.17) is 5.21 Å². The molecule has 0 radical (unpaired) electrons. The van der Waals surface area contributed by atoms with E-state index in [9.17, 15) is 0 Å². The van der Waals surface area contributed by atoms with Crippen molar-refractivity contribution in [3.8, 4) is 0 Å². The number of nitrogens with zero attached hydrogens (tertiary/aromatic N) is 2. The third-order valence-corrected chi connectivity index (χ3v) is 1.72. The van der Waals surface area contributed by atoms with Gasteiger partial charge < -0.3 is 10.0 Å². The van der Waals surface area contributed by atoms with Crippen LogP contribution in [-0.2, 0) is 4.84 Å². The average molecular weight is 222 g/mol. The van der Waals surface area contributed by atoms with Gasteiger partial charge in [-0.05, 0) is 6.92 Å². The smallest absolute Gasteiger partial charge is 0.134 e. The van der Waals surface area contributed by atoms with Crippen LogP contribution in [0.25, 0.3) is 0 Å². The standard InChI is InChI=1S/C10H12N2O2.C2H6/c1-8(11-13)10(12-14-2)9-6-4-3-5-7-9;1-2/h3-7,13H,1-2H3;1-2H3/b11-8+,12-10+;. The fourth-order valence-electron chi connectivity index (χ4n) is 1.06. The second-order valence-electron chi connectivity index (χ2n) is 2.67. The van der Waals surface area contributed by atoms with Crippen LogP contribution >= 0.6 is 0 Å². The quantitative estimate of drug-likeness (QED) is 0.485. The molecule has 0 aromatic heterocycles. The summed E-state index contributed by atoms with van der Waals surface area (Å²) in [5.74, 6) is 0. The van der Waals surface area contributed by atoms with Gasteiger partial charge >= 0.3 is 0 Å². The summed E-state index contributed by atoms with van der Waals surface area (Å²) >= 11 is 0. The highest BCUT2D eigenvalue weighted by Gasteiger charge is 2.07. The molecule has 0 aliphatic carbocycles. The molecule has 1 N–H and O–H groups in total. The van der Waals surface area contributed by atoms with Crippen molar-refractivity contribution in [1.82, 2.24) is 0 Å². The predicted octanol–water partition coefficient (Wildman–Crippen LogP) is 2.91. The lowest BCUT2D eigenvalue weighted by atomic mass is 10.1. The van der Waals surface area contributed by atoms with Crippen LogP contribution < -0.4 is 0 Å². The Morgan fingerprint density at radius 2 is 1.75 bits per heavy atom. The van der Waals surface area contributed by atoms with Crippen molar-refractivity contribution in [3.63, 3.8) is 0 Å². The second kappa shape index (κ2) is 8.47. The lowest BCUT2D eigenvalue weighted by Crippen LogP contribution is -2.12.